The van der Waals surface area contributed by atoms with Gasteiger partial charge in [0.25, 0.3) is 0 Å². The SMILES string of the molecule is c1ccc(CCn2c3ccc(-c4ccccc4)cc3c3c4ccc5sc6ccccc6c5c4ccc32)cc1. The van der Waals surface area contributed by atoms with E-state index in [4.69, 9.17) is 0 Å². The zero-order valence-electron chi connectivity index (χ0n) is 20.9. The largest absolute Gasteiger partial charge is 0.340 e. The van der Waals surface area contributed by atoms with Crippen molar-refractivity contribution in [1.29, 1.82) is 0 Å². The lowest BCUT2D eigenvalue weighted by Crippen LogP contribution is -2.01. The Morgan fingerprint density at radius 2 is 1.18 bits per heavy atom. The van der Waals surface area contributed by atoms with Gasteiger partial charge in [0, 0.05) is 48.5 Å². The van der Waals surface area contributed by atoms with Crippen molar-refractivity contribution in [1.82, 2.24) is 4.57 Å². The van der Waals surface area contributed by atoms with E-state index in [1.54, 1.807) is 0 Å². The first-order valence-corrected chi connectivity index (χ1v) is 14.0. The van der Waals surface area contributed by atoms with Crippen LogP contribution in [0.15, 0.2) is 127 Å². The van der Waals surface area contributed by atoms with Crippen LogP contribution in [-0.2, 0) is 13.0 Å². The molecule has 2 heteroatoms. The molecule has 1 nitrogen and oxygen atoms in total. The van der Waals surface area contributed by atoms with Crippen molar-refractivity contribution in [3.63, 3.8) is 0 Å². The van der Waals surface area contributed by atoms with Crippen LogP contribution >= 0.6 is 11.3 Å². The van der Waals surface area contributed by atoms with E-state index in [1.165, 1.54) is 69.4 Å². The Labute approximate surface area is 225 Å². The van der Waals surface area contributed by atoms with Gasteiger partial charge in [-0.05, 0) is 64.2 Å². The topological polar surface area (TPSA) is 4.93 Å². The van der Waals surface area contributed by atoms with Gasteiger partial charge in [0.2, 0.25) is 0 Å². The molecule has 0 bridgehead atoms. The molecule has 0 atom stereocenters. The van der Waals surface area contributed by atoms with E-state index in [0.29, 0.717) is 0 Å². The Bertz CT molecular complexity index is 2110. The van der Waals surface area contributed by atoms with Crippen LogP contribution < -0.4 is 0 Å². The molecule has 0 unspecified atom stereocenters. The van der Waals surface area contributed by atoms with Crippen LogP contribution in [0.4, 0.5) is 0 Å². The van der Waals surface area contributed by atoms with Gasteiger partial charge < -0.3 is 4.57 Å². The minimum absolute atomic E-state index is 0.948. The summed E-state index contributed by atoms with van der Waals surface area (Å²) in [5, 5.41) is 8.12. The average Bonchev–Trinajstić information content (AvgIpc) is 3.52. The molecule has 2 aromatic heterocycles. The van der Waals surface area contributed by atoms with E-state index in [0.717, 1.165) is 13.0 Å². The molecule has 2 heterocycles. The lowest BCUT2D eigenvalue weighted by atomic mass is 9.98. The molecule has 0 aliphatic heterocycles. The van der Waals surface area contributed by atoms with E-state index in [-0.39, 0.29) is 0 Å². The highest BCUT2D eigenvalue weighted by Crippen LogP contribution is 2.43. The molecule has 0 aliphatic rings. The summed E-state index contributed by atoms with van der Waals surface area (Å²) in [6, 6.07) is 46.8. The molecule has 0 aliphatic carbocycles. The van der Waals surface area contributed by atoms with Crippen molar-refractivity contribution in [2.24, 2.45) is 0 Å². The second kappa shape index (κ2) is 8.58. The first-order valence-electron chi connectivity index (χ1n) is 13.2. The van der Waals surface area contributed by atoms with Crippen molar-refractivity contribution in [3.05, 3.63) is 133 Å². The summed E-state index contributed by atoms with van der Waals surface area (Å²) in [5.74, 6) is 0. The van der Waals surface area contributed by atoms with Gasteiger partial charge in [-0.1, -0.05) is 97.1 Å². The lowest BCUT2D eigenvalue weighted by Gasteiger charge is -2.09. The second-order valence-electron chi connectivity index (χ2n) is 10.1. The van der Waals surface area contributed by atoms with Gasteiger partial charge in [0.05, 0.1) is 0 Å². The van der Waals surface area contributed by atoms with Crippen LogP contribution in [-0.4, -0.2) is 4.57 Å². The second-order valence-corrected chi connectivity index (χ2v) is 11.2. The fraction of sp³-hybridized carbons (Fsp3) is 0.0556. The molecule has 8 rings (SSSR count). The normalized spacial score (nSPS) is 11.9. The number of aromatic nitrogens is 1. The van der Waals surface area contributed by atoms with Gasteiger partial charge in [0.1, 0.15) is 0 Å². The van der Waals surface area contributed by atoms with Crippen LogP contribution in [0.2, 0.25) is 0 Å². The molecular weight excluding hydrogens is 478 g/mol. The molecule has 180 valence electrons. The predicted octanol–water partition coefficient (Wildman–Crippen LogP) is 10.2. The first kappa shape index (κ1) is 21.7. The van der Waals surface area contributed by atoms with Crippen molar-refractivity contribution in [3.8, 4) is 11.1 Å². The van der Waals surface area contributed by atoms with E-state index >= 15 is 0 Å². The summed E-state index contributed by atoms with van der Waals surface area (Å²) in [6.07, 6.45) is 1.01. The van der Waals surface area contributed by atoms with E-state index < -0.39 is 0 Å². The Morgan fingerprint density at radius 3 is 2.05 bits per heavy atom. The Morgan fingerprint density at radius 1 is 0.474 bits per heavy atom. The van der Waals surface area contributed by atoms with Crippen LogP contribution in [0.25, 0.3) is 63.9 Å². The maximum Gasteiger partial charge on any atom is 0.0497 e. The number of benzene rings is 6. The van der Waals surface area contributed by atoms with Gasteiger partial charge in [-0.25, -0.2) is 0 Å². The van der Waals surface area contributed by atoms with E-state index in [1.807, 2.05) is 11.3 Å². The predicted molar refractivity (Wildman–Crippen MR) is 165 cm³/mol. The third kappa shape index (κ3) is 3.31. The Hall–Kier alpha value is -4.40. The Balaban J connectivity index is 1.44. The number of hydrogen-bond acceptors (Lipinski definition) is 1. The highest BCUT2D eigenvalue weighted by Gasteiger charge is 2.17. The third-order valence-corrected chi connectivity index (χ3v) is 9.07. The standard InChI is InChI=1S/C36H25NS/c1-3-9-24(10-4-1)21-22-37-31-18-15-26(25-11-5-2-6-12-25)23-30(31)35-27-17-20-34-36(28(27)16-19-32(35)37)29-13-7-8-14-33(29)38-34/h1-20,23H,21-22H2. The van der Waals surface area contributed by atoms with Crippen LogP contribution in [0.5, 0.6) is 0 Å². The highest BCUT2D eigenvalue weighted by molar-refractivity contribution is 7.26. The number of thiophene rings is 1. The van der Waals surface area contributed by atoms with Crippen molar-refractivity contribution < 1.29 is 0 Å². The van der Waals surface area contributed by atoms with Crippen molar-refractivity contribution in [2.45, 2.75) is 13.0 Å². The van der Waals surface area contributed by atoms with Crippen LogP contribution in [0.1, 0.15) is 5.56 Å². The summed E-state index contributed by atoms with van der Waals surface area (Å²) in [6.45, 7) is 0.948. The van der Waals surface area contributed by atoms with Crippen molar-refractivity contribution >= 4 is 64.1 Å². The number of rotatable bonds is 4. The summed E-state index contributed by atoms with van der Waals surface area (Å²) < 4.78 is 5.24. The first-order chi connectivity index (χ1) is 18.8. The summed E-state index contributed by atoms with van der Waals surface area (Å²) >= 11 is 1.89. The van der Waals surface area contributed by atoms with Gasteiger partial charge in [-0.3, -0.25) is 0 Å². The number of hydrogen-bond donors (Lipinski definition) is 0. The van der Waals surface area contributed by atoms with E-state index in [9.17, 15) is 0 Å². The number of aryl methyl sites for hydroxylation is 2. The number of fused-ring (bicyclic) bond motifs is 9. The van der Waals surface area contributed by atoms with Gasteiger partial charge >= 0.3 is 0 Å². The molecule has 0 spiro atoms. The molecule has 0 fully saturated rings. The van der Waals surface area contributed by atoms with Crippen LogP contribution in [0, 0.1) is 0 Å². The zero-order chi connectivity index (χ0) is 25.1. The Kier molecular flexibility index (Phi) is 4.89. The third-order valence-electron chi connectivity index (χ3n) is 7.94. The molecule has 0 amide bonds. The molecule has 38 heavy (non-hydrogen) atoms. The van der Waals surface area contributed by atoms with E-state index in [2.05, 4.69) is 132 Å². The van der Waals surface area contributed by atoms with Gasteiger partial charge in [-0.15, -0.1) is 11.3 Å². The highest BCUT2D eigenvalue weighted by atomic mass is 32.1. The number of nitrogens with zero attached hydrogens (tertiary/aromatic N) is 1. The maximum absolute atomic E-state index is 2.53. The smallest absolute Gasteiger partial charge is 0.0497 e. The molecule has 0 N–H and O–H groups in total. The van der Waals surface area contributed by atoms with Crippen molar-refractivity contribution in [2.75, 3.05) is 0 Å². The minimum atomic E-state index is 0.948. The van der Waals surface area contributed by atoms with Gasteiger partial charge in [0.15, 0.2) is 0 Å². The summed E-state index contributed by atoms with van der Waals surface area (Å²) in [7, 11) is 0. The fourth-order valence-corrected chi connectivity index (χ4v) is 7.29. The maximum atomic E-state index is 2.53. The minimum Gasteiger partial charge on any atom is -0.340 e. The molecular formula is C36H25NS. The zero-order valence-corrected chi connectivity index (χ0v) is 21.7. The molecule has 0 radical (unpaired) electrons. The molecule has 0 saturated heterocycles. The van der Waals surface area contributed by atoms with Crippen LogP contribution in [0.3, 0.4) is 0 Å². The lowest BCUT2D eigenvalue weighted by molar-refractivity contribution is 0.745. The molecule has 8 aromatic rings. The quantitative estimate of drug-likeness (QED) is 0.225. The van der Waals surface area contributed by atoms with Gasteiger partial charge in [-0.2, -0.15) is 0 Å². The molecule has 0 saturated carbocycles. The monoisotopic (exact) mass is 503 g/mol. The fourth-order valence-electron chi connectivity index (χ4n) is 6.16. The molecule has 6 aromatic carbocycles. The average molecular weight is 504 g/mol. The summed E-state index contributed by atoms with van der Waals surface area (Å²) in [4.78, 5) is 0. The summed E-state index contributed by atoms with van der Waals surface area (Å²) in [5.41, 5.74) is 6.51.